The standard InChI is InChI=1S/C22H21N5O3/c28-19(11-14-27-17-9-3-4-10-18(17)30-22(27)29)25-20-21(26-12-5-6-13-26)24-16-8-2-1-7-15(16)23-20/h1-4,7-10H,5-6,11-14H2,(H,23,25,28). The first-order chi connectivity index (χ1) is 14.7. The number of benzene rings is 2. The maximum Gasteiger partial charge on any atom is 0.419 e. The van der Waals surface area contributed by atoms with Crippen LogP contribution < -0.4 is 16.0 Å². The molecule has 1 aliphatic heterocycles. The molecule has 0 spiro atoms. The summed E-state index contributed by atoms with van der Waals surface area (Å²) < 4.78 is 6.71. The quantitative estimate of drug-likeness (QED) is 0.550. The van der Waals surface area contributed by atoms with Crippen molar-refractivity contribution in [2.24, 2.45) is 0 Å². The lowest BCUT2D eigenvalue weighted by molar-refractivity contribution is -0.116. The van der Waals surface area contributed by atoms with Gasteiger partial charge in [0, 0.05) is 26.1 Å². The van der Waals surface area contributed by atoms with Crippen LogP contribution in [0.1, 0.15) is 19.3 Å². The Morgan fingerprint density at radius 1 is 1.00 bits per heavy atom. The zero-order chi connectivity index (χ0) is 20.5. The predicted octanol–water partition coefficient (Wildman–Crippen LogP) is 3.17. The minimum absolute atomic E-state index is 0.122. The van der Waals surface area contributed by atoms with Gasteiger partial charge in [-0.15, -0.1) is 0 Å². The van der Waals surface area contributed by atoms with Gasteiger partial charge in [0.15, 0.2) is 17.2 Å². The summed E-state index contributed by atoms with van der Waals surface area (Å²) in [4.78, 5) is 36.4. The minimum Gasteiger partial charge on any atom is -0.408 e. The Kier molecular flexibility index (Phi) is 4.66. The number of anilines is 2. The van der Waals surface area contributed by atoms with E-state index in [1.807, 2.05) is 30.3 Å². The molecule has 2 aromatic carbocycles. The van der Waals surface area contributed by atoms with Crippen molar-refractivity contribution in [2.75, 3.05) is 23.3 Å². The van der Waals surface area contributed by atoms with Crippen molar-refractivity contribution in [1.29, 1.82) is 0 Å². The van der Waals surface area contributed by atoms with E-state index >= 15 is 0 Å². The van der Waals surface area contributed by atoms with Crippen molar-refractivity contribution in [1.82, 2.24) is 14.5 Å². The van der Waals surface area contributed by atoms with Crippen LogP contribution in [0.15, 0.2) is 57.7 Å². The first-order valence-corrected chi connectivity index (χ1v) is 10.1. The molecule has 1 fully saturated rings. The molecule has 0 aliphatic carbocycles. The number of amides is 1. The highest BCUT2D eigenvalue weighted by Crippen LogP contribution is 2.28. The molecule has 0 bridgehead atoms. The average molecular weight is 403 g/mol. The van der Waals surface area contributed by atoms with Crippen LogP contribution in [0.25, 0.3) is 22.1 Å². The number of oxazole rings is 1. The second kappa shape index (κ2) is 7.62. The number of rotatable bonds is 5. The maximum absolute atomic E-state index is 12.7. The molecular formula is C22H21N5O3. The molecule has 1 amide bonds. The zero-order valence-corrected chi connectivity index (χ0v) is 16.4. The molecule has 3 heterocycles. The van der Waals surface area contributed by atoms with Crippen molar-refractivity contribution in [2.45, 2.75) is 25.8 Å². The summed E-state index contributed by atoms with van der Waals surface area (Å²) in [6, 6.07) is 14.8. The largest absolute Gasteiger partial charge is 0.419 e. The molecular weight excluding hydrogens is 382 g/mol. The predicted molar refractivity (Wildman–Crippen MR) is 115 cm³/mol. The third-order valence-corrected chi connectivity index (χ3v) is 5.35. The lowest BCUT2D eigenvalue weighted by atomic mass is 10.3. The molecule has 2 aromatic heterocycles. The van der Waals surface area contributed by atoms with Gasteiger partial charge in [-0.3, -0.25) is 9.36 Å². The van der Waals surface area contributed by atoms with E-state index in [9.17, 15) is 9.59 Å². The number of carbonyl (C=O) groups excluding carboxylic acids is 1. The second-order valence-corrected chi connectivity index (χ2v) is 7.36. The summed E-state index contributed by atoms with van der Waals surface area (Å²) >= 11 is 0. The molecule has 152 valence electrons. The fourth-order valence-electron chi connectivity index (χ4n) is 3.86. The van der Waals surface area contributed by atoms with Crippen molar-refractivity contribution in [3.05, 3.63) is 59.1 Å². The van der Waals surface area contributed by atoms with Gasteiger partial charge in [0.1, 0.15) is 0 Å². The summed E-state index contributed by atoms with van der Waals surface area (Å²) in [6.45, 7) is 2.01. The van der Waals surface area contributed by atoms with E-state index in [1.165, 1.54) is 4.57 Å². The van der Waals surface area contributed by atoms with Crippen LogP contribution in [0, 0.1) is 0 Å². The molecule has 1 N–H and O–H groups in total. The summed E-state index contributed by atoms with van der Waals surface area (Å²) in [5.41, 5.74) is 2.72. The second-order valence-electron chi connectivity index (χ2n) is 7.36. The summed E-state index contributed by atoms with van der Waals surface area (Å²) in [5, 5.41) is 2.91. The van der Waals surface area contributed by atoms with Crippen molar-refractivity contribution < 1.29 is 9.21 Å². The van der Waals surface area contributed by atoms with Crippen molar-refractivity contribution in [3.8, 4) is 0 Å². The van der Waals surface area contributed by atoms with E-state index < -0.39 is 5.76 Å². The van der Waals surface area contributed by atoms with E-state index in [1.54, 1.807) is 18.2 Å². The smallest absolute Gasteiger partial charge is 0.408 e. The molecule has 0 radical (unpaired) electrons. The first kappa shape index (κ1) is 18.4. The molecule has 0 unspecified atom stereocenters. The lowest BCUT2D eigenvalue weighted by Gasteiger charge is -2.20. The third-order valence-electron chi connectivity index (χ3n) is 5.35. The first-order valence-electron chi connectivity index (χ1n) is 10.1. The fourth-order valence-corrected chi connectivity index (χ4v) is 3.86. The van der Waals surface area contributed by atoms with Crippen molar-refractivity contribution >= 4 is 39.7 Å². The van der Waals surface area contributed by atoms with Gasteiger partial charge in [-0.1, -0.05) is 24.3 Å². The normalized spacial score (nSPS) is 13.9. The molecule has 1 aliphatic rings. The van der Waals surface area contributed by atoms with Crippen LogP contribution in [0.4, 0.5) is 11.6 Å². The van der Waals surface area contributed by atoms with Gasteiger partial charge in [-0.2, -0.15) is 0 Å². The average Bonchev–Trinajstić information content (AvgIpc) is 3.39. The Morgan fingerprint density at radius 3 is 2.50 bits per heavy atom. The van der Waals surface area contributed by atoms with Crippen LogP contribution in [0.2, 0.25) is 0 Å². The summed E-state index contributed by atoms with van der Waals surface area (Å²) in [6.07, 6.45) is 2.31. The molecule has 8 nitrogen and oxygen atoms in total. The molecule has 1 saturated heterocycles. The van der Waals surface area contributed by atoms with Gasteiger partial charge in [-0.25, -0.2) is 14.8 Å². The highest BCUT2D eigenvalue weighted by molar-refractivity contribution is 5.94. The Labute approximate surface area is 172 Å². The van der Waals surface area contributed by atoms with Crippen LogP contribution >= 0.6 is 0 Å². The van der Waals surface area contributed by atoms with E-state index in [0.29, 0.717) is 22.7 Å². The number of aryl methyl sites for hydroxylation is 1. The van der Waals surface area contributed by atoms with E-state index in [2.05, 4.69) is 15.2 Å². The number of hydrogen-bond donors (Lipinski definition) is 1. The highest BCUT2D eigenvalue weighted by Gasteiger charge is 2.21. The monoisotopic (exact) mass is 403 g/mol. The topological polar surface area (TPSA) is 93.3 Å². The zero-order valence-electron chi connectivity index (χ0n) is 16.4. The molecule has 4 aromatic rings. The number of nitrogens with one attached hydrogen (secondary N) is 1. The number of aromatic nitrogens is 3. The van der Waals surface area contributed by atoms with Gasteiger partial charge >= 0.3 is 5.76 Å². The van der Waals surface area contributed by atoms with Crippen LogP contribution in [-0.4, -0.2) is 33.5 Å². The van der Waals surface area contributed by atoms with E-state index in [0.717, 1.165) is 37.0 Å². The van der Waals surface area contributed by atoms with Crippen LogP contribution in [0.3, 0.4) is 0 Å². The Hall–Kier alpha value is -3.68. The number of carbonyl (C=O) groups is 1. The summed E-state index contributed by atoms with van der Waals surface area (Å²) in [7, 11) is 0. The van der Waals surface area contributed by atoms with Gasteiger partial charge < -0.3 is 14.6 Å². The van der Waals surface area contributed by atoms with Gasteiger partial charge in [0.25, 0.3) is 0 Å². The number of hydrogen-bond acceptors (Lipinski definition) is 6. The Morgan fingerprint density at radius 2 is 1.70 bits per heavy atom. The third kappa shape index (κ3) is 3.41. The van der Waals surface area contributed by atoms with Crippen LogP contribution in [0.5, 0.6) is 0 Å². The van der Waals surface area contributed by atoms with Gasteiger partial charge in [0.2, 0.25) is 5.91 Å². The van der Waals surface area contributed by atoms with Gasteiger partial charge in [-0.05, 0) is 37.1 Å². The molecule has 8 heteroatoms. The van der Waals surface area contributed by atoms with Crippen LogP contribution in [-0.2, 0) is 11.3 Å². The molecule has 30 heavy (non-hydrogen) atoms. The van der Waals surface area contributed by atoms with E-state index in [4.69, 9.17) is 9.40 Å². The minimum atomic E-state index is -0.466. The Balaban J connectivity index is 1.39. The SMILES string of the molecule is O=C(CCn1c(=O)oc2ccccc21)Nc1nc2ccccc2nc1N1CCCC1. The lowest BCUT2D eigenvalue weighted by Crippen LogP contribution is -2.24. The number of nitrogens with zero attached hydrogens (tertiary/aromatic N) is 4. The van der Waals surface area contributed by atoms with Gasteiger partial charge in [0.05, 0.1) is 16.6 Å². The summed E-state index contributed by atoms with van der Waals surface area (Å²) in [5.74, 6) is 0.472. The highest BCUT2D eigenvalue weighted by atomic mass is 16.4. The number of fused-ring (bicyclic) bond motifs is 2. The fraction of sp³-hybridized carbons (Fsp3) is 0.273. The maximum atomic E-state index is 12.7. The Bertz CT molecular complexity index is 1290. The number of para-hydroxylation sites is 4. The van der Waals surface area contributed by atoms with E-state index in [-0.39, 0.29) is 18.9 Å². The molecule has 0 saturated carbocycles. The molecule has 5 rings (SSSR count). The molecule has 0 atom stereocenters. The van der Waals surface area contributed by atoms with Crippen molar-refractivity contribution in [3.63, 3.8) is 0 Å².